The topological polar surface area (TPSA) is 76.8 Å². The predicted molar refractivity (Wildman–Crippen MR) is 106 cm³/mol. The maximum Gasteiger partial charge on any atom is 0.316 e. The van der Waals surface area contributed by atoms with Gasteiger partial charge in [0, 0.05) is 18.8 Å². The van der Waals surface area contributed by atoms with Crippen LogP contribution in [0.5, 0.6) is 0 Å². The summed E-state index contributed by atoms with van der Waals surface area (Å²) < 4.78 is 6.66. The number of esters is 1. The summed E-state index contributed by atoms with van der Waals surface area (Å²) in [6.45, 7) is 3.95. The first kappa shape index (κ1) is 18.9. The van der Waals surface area contributed by atoms with E-state index < -0.39 is 0 Å². The highest BCUT2D eigenvalue weighted by Crippen LogP contribution is 2.29. The Labute approximate surface area is 161 Å². The fraction of sp³-hybridized carbons (Fsp3) is 0.263. The Hall–Kier alpha value is -2.87. The first-order valence-corrected chi connectivity index (χ1v) is 9.46. The highest BCUT2D eigenvalue weighted by molar-refractivity contribution is 8.14. The molecule has 0 spiro atoms. The summed E-state index contributed by atoms with van der Waals surface area (Å²) in [5.74, 6) is -0.496. The Morgan fingerprint density at radius 3 is 2.67 bits per heavy atom. The minimum atomic E-state index is -0.341. The number of para-hydroxylation sites is 1. The average Bonchev–Trinajstić information content (AvgIpc) is 3.13. The summed E-state index contributed by atoms with van der Waals surface area (Å²) >= 11 is 1.18. The van der Waals surface area contributed by atoms with Gasteiger partial charge in [0.1, 0.15) is 5.70 Å². The zero-order chi connectivity index (χ0) is 19.4. The monoisotopic (exact) mass is 384 g/mol. The van der Waals surface area contributed by atoms with E-state index >= 15 is 0 Å². The van der Waals surface area contributed by atoms with E-state index in [9.17, 15) is 9.59 Å². The molecule has 3 rings (SSSR count). The molecular weight excluding hydrogens is 364 g/mol. The van der Waals surface area contributed by atoms with Gasteiger partial charge in [-0.05, 0) is 32.1 Å². The van der Waals surface area contributed by atoms with Gasteiger partial charge in [-0.1, -0.05) is 30.0 Å². The second kappa shape index (κ2) is 8.22. The van der Waals surface area contributed by atoms with Crippen LogP contribution in [0.2, 0.25) is 0 Å². The van der Waals surface area contributed by atoms with E-state index in [-0.39, 0.29) is 17.6 Å². The molecule has 0 radical (unpaired) electrons. The lowest BCUT2D eigenvalue weighted by Gasteiger charge is -2.17. The van der Waals surface area contributed by atoms with Gasteiger partial charge in [-0.3, -0.25) is 19.2 Å². The second-order valence-corrected chi connectivity index (χ2v) is 6.78. The molecular formula is C19H20N4O3S. The Morgan fingerprint density at radius 1 is 1.30 bits per heavy atom. The van der Waals surface area contributed by atoms with Crippen molar-refractivity contribution in [3.8, 4) is 0 Å². The molecule has 0 unspecified atom stereocenters. The highest BCUT2D eigenvalue weighted by Gasteiger charge is 2.32. The van der Waals surface area contributed by atoms with Crippen LogP contribution in [-0.2, 0) is 21.4 Å². The summed E-state index contributed by atoms with van der Waals surface area (Å²) in [7, 11) is 1.83. The van der Waals surface area contributed by atoms with Crippen molar-refractivity contribution in [2.24, 2.45) is 12.0 Å². The molecule has 2 aromatic rings. The Bertz CT molecular complexity index is 918. The zero-order valence-electron chi connectivity index (χ0n) is 15.4. The molecule has 0 N–H and O–H groups in total. The number of hydrogen-bond acceptors (Lipinski definition) is 6. The lowest BCUT2D eigenvalue weighted by Crippen LogP contribution is -2.30. The highest BCUT2D eigenvalue weighted by atomic mass is 32.2. The van der Waals surface area contributed by atoms with Crippen LogP contribution in [-0.4, -0.2) is 39.2 Å². The molecule has 0 saturated carbocycles. The number of nitrogens with zero attached hydrogens (tertiary/aromatic N) is 4. The van der Waals surface area contributed by atoms with E-state index in [1.54, 1.807) is 17.7 Å². The minimum Gasteiger partial charge on any atom is -0.465 e. The molecule has 0 atom stereocenters. The van der Waals surface area contributed by atoms with Crippen molar-refractivity contribution in [3.63, 3.8) is 0 Å². The lowest BCUT2D eigenvalue weighted by atomic mass is 10.2. The third-order valence-corrected chi connectivity index (χ3v) is 4.72. The summed E-state index contributed by atoms with van der Waals surface area (Å²) in [6.07, 6.45) is 3.56. The van der Waals surface area contributed by atoms with Crippen LogP contribution in [0.25, 0.3) is 6.08 Å². The number of thioether (sulfide) groups is 1. The smallest absolute Gasteiger partial charge is 0.316 e. The second-order valence-electron chi connectivity index (χ2n) is 5.84. The van der Waals surface area contributed by atoms with Crippen LogP contribution in [0.4, 0.5) is 5.69 Å². The van der Waals surface area contributed by atoms with Gasteiger partial charge in [0.25, 0.3) is 5.91 Å². The van der Waals surface area contributed by atoms with Crippen molar-refractivity contribution >= 4 is 40.6 Å². The molecule has 0 bridgehead atoms. The SMILES string of the molecule is CCOC(=O)CSC1=N/C(=C/c2cn(C)nc2C)C(=O)N1c1ccccc1. The fourth-order valence-corrected chi connectivity index (χ4v) is 3.44. The normalized spacial score (nSPS) is 15.4. The molecule has 1 aliphatic heterocycles. The van der Waals surface area contributed by atoms with Crippen LogP contribution < -0.4 is 4.90 Å². The summed E-state index contributed by atoms with van der Waals surface area (Å²) in [5, 5.41) is 4.74. The third kappa shape index (κ3) is 4.28. The number of amidine groups is 1. The molecule has 7 nitrogen and oxygen atoms in total. The standard InChI is InChI=1S/C19H20N4O3S/c1-4-26-17(24)12-27-19-20-16(10-14-11-22(3)21-13(14)2)18(25)23(19)15-8-6-5-7-9-15/h5-11H,4,12H2,1-3H3/b16-10+. The van der Waals surface area contributed by atoms with Crippen LogP contribution in [0.1, 0.15) is 18.2 Å². The molecule has 0 fully saturated rings. The first-order chi connectivity index (χ1) is 13.0. The third-order valence-electron chi connectivity index (χ3n) is 3.81. The molecule has 1 aromatic heterocycles. The number of rotatable bonds is 5. The predicted octanol–water partition coefficient (Wildman–Crippen LogP) is 2.77. The van der Waals surface area contributed by atoms with Gasteiger partial charge < -0.3 is 4.74 Å². The number of hydrogen-bond donors (Lipinski definition) is 0. The number of carbonyl (C=O) groups excluding carboxylic acids is 2. The number of ether oxygens (including phenoxy) is 1. The number of aryl methyl sites for hydroxylation is 2. The summed E-state index contributed by atoms with van der Waals surface area (Å²) in [4.78, 5) is 30.7. The first-order valence-electron chi connectivity index (χ1n) is 8.48. The van der Waals surface area contributed by atoms with E-state index in [1.807, 2.05) is 50.5 Å². The molecule has 0 saturated heterocycles. The van der Waals surface area contributed by atoms with Gasteiger partial charge in [-0.2, -0.15) is 5.10 Å². The minimum absolute atomic E-state index is 0.0858. The molecule has 140 valence electrons. The van der Waals surface area contributed by atoms with Crippen LogP contribution >= 0.6 is 11.8 Å². The van der Waals surface area contributed by atoms with E-state index in [0.29, 0.717) is 23.2 Å². The van der Waals surface area contributed by atoms with Gasteiger partial charge in [-0.25, -0.2) is 4.99 Å². The molecule has 27 heavy (non-hydrogen) atoms. The lowest BCUT2D eigenvalue weighted by molar-refractivity contribution is -0.139. The van der Waals surface area contributed by atoms with Crippen molar-refractivity contribution in [1.29, 1.82) is 0 Å². The molecule has 1 amide bonds. The fourth-order valence-electron chi connectivity index (χ4n) is 2.63. The molecule has 2 heterocycles. The van der Waals surface area contributed by atoms with Crippen LogP contribution in [0.3, 0.4) is 0 Å². The average molecular weight is 384 g/mol. The van der Waals surface area contributed by atoms with E-state index in [2.05, 4.69) is 10.1 Å². The number of anilines is 1. The van der Waals surface area contributed by atoms with Crippen molar-refractivity contribution in [2.45, 2.75) is 13.8 Å². The van der Waals surface area contributed by atoms with Crippen molar-refractivity contribution in [3.05, 3.63) is 53.5 Å². The van der Waals surface area contributed by atoms with Crippen LogP contribution in [0.15, 0.2) is 47.2 Å². The zero-order valence-corrected chi connectivity index (χ0v) is 16.2. The largest absolute Gasteiger partial charge is 0.465 e. The van der Waals surface area contributed by atoms with E-state index in [0.717, 1.165) is 11.3 Å². The Morgan fingerprint density at radius 2 is 2.04 bits per heavy atom. The number of carbonyl (C=O) groups is 2. The molecule has 8 heteroatoms. The van der Waals surface area contributed by atoms with E-state index in [4.69, 9.17) is 4.74 Å². The van der Waals surface area contributed by atoms with E-state index in [1.165, 1.54) is 16.7 Å². The molecule has 1 aromatic carbocycles. The molecule has 1 aliphatic rings. The maximum atomic E-state index is 13.0. The maximum absolute atomic E-state index is 13.0. The number of amides is 1. The van der Waals surface area contributed by atoms with Gasteiger partial charge in [0.05, 0.1) is 23.7 Å². The number of benzene rings is 1. The van der Waals surface area contributed by atoms with Crippen molar-refractivity contribution < 1.29 is 14.3 Å². The van der Waals surface area contributed by atoms with Gasteiger partial charge >= 0.3 is 5.97 Å². The summed E-state index contributed by atoms with van der Waals surface area (Å²) in [6, 6.07) is 9.24. The Kier molecular flexibility index (Phi) is 5.75. The van der Waals surface area contributed by atoms with Gasteiger partial charge in [-0.15, -0.1) is 0 Å². The Balaban J connectivity index is 1.92. The van der Waals surface area contributed by atoms with Crippen molar-refractivity contribution in [1.82, 2.24) is 9.78 Å². The van der Waals surface area contributed by atoms with Gasteiger partial charge in [0.2, 0.25) is 0 Å². The van der Waals surface area contributed by atoms with Crippen LogP contribution in [0, 0.1) is 6.92 Å². The van der Waals surface area contributed by atoms with Gasteiger partial charge in [0.15, 0.2) is 5.17 Å². The number of aromatic nitrogens is 2. The molecule has 0 aliphatic carbocycles. The van der Waals surface area contributed by atoms with Crippen molar-refractivity contribution in [2.75, 3.05) is 17.3 Å². The summed E-state index contributed by atoms with van der Waals surface area (Å²) in [5.41, 5.74) is 2.64. The quantitative estimate of drug-likeness (QED) is 0.585. The number of aliphatic imine (C=N–C) groups is 1.